The molecule has 6 heteroatoms. The Morgan fingerprint density at radius 3 is 2.29 bits per heavy atom. The van der Waals surface area contributed by atoms with E-state index in [1.54, 1.807) is 0 Å². The van der Waals surface area contributed by atoms with Gasteiger partial charge in [-0.15, -0.1) is 0 Å². The van der Waals surface area contributed by atoms with Gasteiger partial charge in [0, 0.05) is 10.9 Å². The van der Waals surface area contributed by atoms with Crippen LogP contribution in [0, 0.1) is 5.82 Å². The SMILES string of the molecule is Fc1c(Cl)cc(C(F)(F)F)cc1CBr. The van der Waals surface area contributed by atoms with E-state index < -0.39 is 22.6 Å². The van der Waals surface area contributed by atoms with Crippen molar-refractivity contribution in [1.29, 1.82) is 0 Å². The number of benzene rings is 1. The lowest BCUT2D eigenvalue weighted by atomic mass is 10.1. The van der Waals surface area contributed by atoms with E-state index in [2.05, 4.69) is 15.9 Å². The number of rotatable bonds is 1. The Bertz CT molecular complexity index is 348. The average Bonchev–Trinajstić information content (AvgIpc) is 2.07. The first-order chi connectivity index (χ1) is 6.36. The quantitative estimate of drug-likeness (QED) is 0.531. The maximum Gasteiger partial charge on any atom is 0.416 e. The maximum absolute atomic E-state index is 13.0. The van der Waals surface area contributed by atoms with E-state index in [-0.39, 0.29) is 10.9 Å². The van der Waals surface area contributed by atoms with Gasteiger partial charge < -0.3 is 0 Å². The van der Waals surface area contributed by atoms with E-state index in [4.69, 9.17) is 11.6 Å². The van der Waals surface area contributed by atoms with Gasteiger partial charge in [0.2, 0.25) is 0 Å². The smallest absolute Gasteiger partial charge is 0.205 e. The normalized spacial score (nSPS) is 11.9. The largest absolute Gasteiger partial charge is 0.416 e. The topological polar surface area (TPSA) is 0 Å². The Kier molecular flexibility index (Phi) is 3.42. The molecular formula is C8H4BrClF4. The molecule has 1 aromatic carbocycles. The third kappa shape index (κ3) is 2.39. The molecule has 1 rings (SSSR count). The number of alkyl halides is 4. The van der Waals surface area contributed by atoms with Gasteiger partial charge in [0.1, 0.15) is 5.82 Å². The average molecular weight is 291 g/mol. The van der Waals surface area contributed by atoms with Crippen LogP contribution in [-0.2, 0) is 11.5 Å². The van der Waals surface area contributed by atoms with Crippen molar-refractivity contribution in [2.45, 2.75) is 11.5 Å². The van der Waals surface area contributed by atoms with Crippen molar-refractivity contribution in [2.75, 3.05) is 0 Å². The molecule has 78 valence electrons. The summed E-state index contributed by atoms with van der Waals surface area (Å²) in [5.74, 6) is -0.823. The summed E-state index contributed by atoms with van der Waals surface area (Å²) in [7, 11) is 0. The van der Waals surface area contributed by atoms with Crippen molar-refractivity contribution < 1.29 is 17.6 Å². The van der Waals surface area contributed by atoms with Crippen LogP contribution in [0.15, 0.2) is 12.1 Å². The van der Waals surface area contributed by atoms with Crippen LogP contribution < -0.4 is 0 Å². The summed E-state index contributed by atoms with van der Waals surface area (Å²) in [5, 5.41) is -0.531. The van der Waals surface area contributed by atoms with E-state index in [9.17, 15) is 17.6 Å². The highest BCUT2D eigenvalue weighted by Gasteiger charge is 2.32. The summed E-state index contributed by atoms with van der Waals surface area (Å²) in [6, 6.07) is 1.30. The summed E-state index contributed by atoms with van der Waals surface area (Å²) in [6.45, 7) is 0. The molecule has 0 aliphatic rings. The predicted molar refractivity (Wildman–Crippen MR) is 49.0 cm³/mol. The van der Waals surface area contributed by atoms with E-state index in [0.29, 0.717) is 6.07 Å². The zero-order valence-electron chi connectivity index (χ0n) is 6.63. The monoisotopic (exact) mass is 290 g/mol. The summed E-state index contributed by atoms with van der Waals surface area (Å²) >= 11 is 8.19. The molecule has 0 saturated carbocycles. The van der Waals surface area contributed by atoms with E-state index in [0.717, 1.165) is 6.07 Å². The number of hydrogen-bond acceptors (Lipinski definition) is 0. The van der Waals surface area contributed by atoms with E-state index >= 15 is 0 Å². The van der Waals surface area contributed by atoms with Crippen molar-refractivity contribution in [1.82, 2.24) is 0 Å². The molecule has 0 atom stereocenters. The highest BCUT2D eigenvalue weighted by molar-refractivity contribution is 9.08. The van der Waals surface area contributed by atoms with Gasteiger partial charge in [0.25, 0.3) is 0 Å². The molecule has 0 unspecified atom stereocenters. The van der Waals surface area contributed by atoms with E-state index in [1.807, 2.05) is 0 Å². The molecule has 0 heterocycles. The molecule has 0 N–H and O–H groups in total. The molecule has 0 aromatic heterocycles. The minimum atomic E-state index is -4.51. The lowest BCUT2D eigenvalue weighted by Crippen LogP contribution is -2.06. The molecule has 0 aliphatic heterocycles. The van der Waals surface area contributed by atoms with Crippen LogP contribution in [0.5, 0.6) is 0 Å². The van der Waals surface area contributed by atoms with Crippen LogP contribution in [0.4, 0.5) is 17.6 Å². The predicted octanol–water partition coefficient (Wildman–Crippen LogP) is 4.39. The lowest BCUT2D eigenvalue weighted by Gasteiger charge is -2.09. The van der Waals surface area contributed by atoms with Crippen LogP contribution in [0.3, 0.4) is 0 Å². The Morgan fingerprint density at radius 1 is 1.29 bits per heavy atom. The first-order valence-electron chi connectivity index (χ1n) is 3.47. The Balaban J connectivity index is 3.30. The molecule has 0 fully saturated rings. The summed E-state index contributed by atoms with van der Waals surface area (Å²) in [5.41, 5.74) is -1.05. The van der Waals surface area contributed by atoms with Gasteiger partial charge in [-0.1, -0.05) is 27.5 Å². The number of hydrogen-bond donors (Lipinski definition) is 0. The minimum absolute atomic E-state index is 0.0114. The van der Waals surface area contributed by atoms with Gasteiger partial charge in [0.15, 0.2) is 0 Å². The van der Waals surface area contributed by atoms with Crippen LogP contribution in [-0.4, -0.2) is 0 Å². The van der Waals surface area contributed by atoms with Crippen molar-refractivity contribution >= 4 is 27.5 Å². The molecule has 0 spiro atoms. The van der Waals surface area contributed by atoms with Gasteiger partial charge in [-0.3, -0.25) is 0 Å². The maximum atomic E-state index is 13.0. The van der Waals surface area contributed by atoms with Crippen LogP contribution >= 0.6 is 27.5 Å². The molecule has 14 heavy (non-hydrogen) atoms. The van der Waals surface area contributed by atoms with Crippen molar-refractivity contribution in [3.05, 3.63) is 34.1 Å². The highest BCUT2D eigenvalue weighted by Crippen LogP contribution is 2.33. The van der Waals surface area contributed by atoms with Gasteiger partial charge in [-0.25, -0.2) is 4.39 Å². The molecule has 0 amide bonds. The second-order valence-corrected chi connectivity index (χ2v) is 3.53. The Morgan fingerprint density at radius 2 is 1.86 bits per heavy atom. The summed E-state index contributed by atoms with van der Waals surface area (Å²) in [6.07, 6.45) is -4.51. The molecule has 0 saturated heterocycles. The van der Waals surface area contributed by atoms with Gasteiger partial charge >= 0.3 is 6.18 Å². The molecule has 1 aromatic rings. The first-order valence-corrected chi connectivity index (χ1v) is 4.97. The fraction of sp³-hybridized carbons (Fsp3) is 0.250. The zero-order valence-corrected chi connectivity index (χ0v) is 8.97. The second kappa shape index (κ2) is 4.06. The standard InChI is InChI=1S/C8H4BrClF4/c9-3-4-1-5(8(12,13)14)2-6(10)7(4)11/h1-2H,3H2. The van der Waals surface area contributed by atoms with Crippen LogP contribution in [0.2, 0.25) is 5.02 Å². The summed E-state index contributed by atoms with van der Waals surface area (Å²) in [4.78, 5) is 0. The molecular weight excluding hydrogens is 287 g/mol. The zero-order chi connectivity index (χ0) is 10.9. The summed E-state index contributed by atoms with van der Waals surface area (Å²) < 4.78 is 49.7. The lowest BCUT2D eigenvalue weighted by molar-refractivity contribution is -0.137. The Hall–Kier alpha value is -0.290. The molecule has 0 radical (unpaired) electrons. The Labute approximate surface area is 91.0 Å². The fourth-order valence-electron chi connectivity index (χ4n) is 0.907. The molecule has 0 bridgehead atoms. The van der Waals surface area contributed by atoms with Gasteiger partial charge in [-0.2, -0.15) is 13.2 Å². The first kappa shape index (κ1) is 11.8. The molecule has 0 nitrogen and oxygen atoms in total. The third-order valence-corrected chi connectivity index (χ3v) is 2.45. The van der Waals surface area contributed by atoms with Crippen molar-refractivity contribution in [2.24, 2.45) is 0 Å². The third-order valence-electron chi connectivity index (χ3n) is 1.57. The fourth-order valence-corrected chi connectivity index (χ4v) is 1.55. The van der Waals surface area contributed by atoms with Crippen LogP contribution in [0.1, 0.15) is 11.1 Å². The number of halogens is 6. The van der Waals surface area contributed by atoms with Crippen LogP contribution in [0.25, 0.3) is 0 Å². The van der Waals surface area contributed by atoms with Gasteiger partial charge in [-0.05, 0) is 12.1 Å². The van der Waals surface area contributed by atoms with Crippen molar-refractivity contribution in [3.8, 4) is 0 Å². The van der Waals surface area contributed by atoms with Crippen molar-refractivity contribution in [3.63, 3.8) is 0 Å². The molecule has 0 aliphatic carbocycles. The van der Waals surface area contributed by atoms with E-state index in [1.165, 1.54) is 0 Å². The van der Waals surface area contributed by atoms with Gasteiger partial charge in [0.05, 0.1) is 10.6 Å². The highest BCUT2D eigenvalue weighted by atomic mass is 79.9. The minimum Gasteiger partial charge on any atom is -0.205 e. The second-order valence-electron chi connectivity index (χ2n) is 2.56.